The van der Waals surface area contributed by atoms with Gasteiger partial charge >= 0.3 is 0 Å². The molecule has 2 aromatic heterocycles. The number of hydrogen-bond donors (Lipinski definition) is 1. The van der Waals surface area contributed by atoms with Gasteiger partial charge in [-0.3, -0.25) is 14.3 Å². The van der Waals surface area contributed by atoms with Crippen LogP contribution in [-0.4, -0.2) is 60.7 Å². The Morgan fingerprint density at radius 3 is 2.73 bits per heavy atom. The molecule has 2 bridgehead atoms. The lowest BCUT2D eigenvalue weighted by atomic mass is 9.87. The predicted molar refractivity (Wildman–Crippen MR) is 121 cm³/mol. The van der Waals surface area contributed by atoms with Crippen molar-refractivity contribution in [3.05, 3.63) is 52.9 Å². The number of ether oxygens (including phenoxy) is 1. The van der Waals surface area contributed by atoms with E-state index in [0.29, 0.717) is 35.1 Å². The number of rotatable bonds is 4. The zero-order valence-electron chi connectivity index (χ0n) is 18.8. The van der Waals surface area contributed by atoms with Crippen molar-refractivity contribution in [2.45, 2.75) is 50.0 Å². The Balaban J connectivity index is 1.35. The summed E-state index contributed by atoms with van der Waals surface area (Å²) in [5.74, 6) is 0.691. The van der Waals surface area contributed by atoms with Crippen LogP contribution in [0.5, 0.6) is 11.6 Å². The highest BCUT2D eigenvalue weighted by atomic mass is 19.1. The smallest absolute Gasteiger partial charge is 0.253 e. The number of phenolic OH excluding ortho intramolecular Hbond substituents is 1. The third-order valence-corrected chi connectivity index (χ3v) is 7.27. The first-order valence-corrected chi connectivity index (χ1v) is 11.0. The lowest BCUT2D eigenvalue weighted by molar-refractivity contribution is -0.0596. The van der Waals surface area contributed by atoms with E-state index in [2.05, 4.69) is 20.1 Å². The first kappa shape index (κ1) is 21.5. The van der Waals surface area contributed by atoms with Crippen LogP contribution in [0.15, 0.2) is 47.4 Å². The second-order valence-electron chi connectivity index (χ2n) is 9.11. The summed E-state index contributed by atoms with van der Waals surface area (Å²) < 4.78 is 22.5. The first-order chi connectivity index (χ1) is 15.8. The number of aromatic nitrogens is 4. The molecule has 2 aliphatic rings. The topological polar surface area (TPSA) is 93.4 Å². The van der Waals surface area contributed by atoms with Crippen LogP contribution in [0, 0.1) is 0 Å². The molecule has 1 N–H and O–H groups in total. The van der Waals surface area contributed by atoms with Crippen LogP contribution in [0.3, 0.4) is 0 Å². The molecule has 0 aliphatic carbocycles. The van der Waals surface area contributed by atoms with Crippen molar-refractivity contribution in [3.63, 3.8) is 0 Å². The molecular formula is C24H26FN5O3. The molecule has 4 heterocycles. The fraction of sp³-hybridized carbons (Fsp3) is 0.417. The number of nitrogens with zero attached hydrogens (tertiary/aromatic N) is 5. The van der Waals surface area contributed by atoms with Gasteiger partial charge < -0.3 is 9.84 Å². The lowest BCUT2D eigenvalue weighted by Gasteiger charge is -2.45. The number of hydrogen-bond acceptors (Lipinski definition) is 7. The first-order valence-electron chi connectivity index (χ1n) is 11.0. The molecule has 3 aromatic rings. The maximum absolute atomic E-state index is 15.2. The summed E-state index contributed by atoms with van der Waals surface area (Å²) in [7, 11) is 3.61. The van der Waals surface area contributed by atoms with Gasteiger partial charge in [0.2, 0.25) is 5.88 Å². The molecule has 0 saturated carbocycles. The number of fused-ring (bicyclic) bond motifs is 2. The number of benzene rings is 1. The van der Waals surface area contributed by atoms with Crippen molar-refractivity contribution in [1.29, 1.82) is 0 Å². The molecule has 2 fully saturated rings. The van der Waals surface area contributed by atoms with Gasteiger partial charge in [-0.2, -0.15) is 0 Å². The molecule has 0 unspecified atom stereocenters. The Morgan fingerprint density at radius 1 is 1.18 bits per heavy atom. The minimum absolute atomic E-state index is 0.0165. The van der Waals surface area contributed by atoms with Crippen LogP contribution in [0.1, 0.15) is 26.2 Å². The number of aromatic hydroxyl groups is 1. The molecule has 9 heteroatoms. The van der Waals surface area contributed by atoms with E-state index in [4.69, 9.17) is 4.74 Å². The third-order valence-electron chi connectivity index (χ3n) is 7.27. The van der Waals surface area contributed by atoms with Gasteiger partial charge in [0.15, 0.2) is 6.17 Å². The van der Waals surface area contributed by atoms with Crippen LogP contribution >= 0.6 is 0 Å². The van der Waals surface area contributed by atoms with Gasteiger partial charge in [0.25, 0.3) is 5.56 Å². The predicted octanol–water partition coefficient (Wildman–Crippen LogP) is 2.95. The average Bonchev–Trinajstić information content (AvgIpc) is 3.02. The van der Waals surface area contributed by atoms with E-state index in [1.165, 1.54) is 22.9 Å². The Bertz CT molecular complexity index is 1250. The van der Waals surface area contributed by atoms with E-state index in [1.54, 1.807) is 31.3 Å². The summed E-state index contributed by atoms with van der Waals surface area (Å²) in [6.45, 7) is 1.96. The van der Waals surface area contributed by atoms with E-state index in [-0.39, 0.29) is 17.2 Å². The maximum atomic E-state index is 15.2. The SMILES string of the molecule is CN1[C@@H]2CC[C@@]1(C)[C@@H](F)[C@H](Oc1ccc(-c3ccc(-c4nccc(=O)n4C)cc3O)nn1)C2. The second-order valence-corrected chi connectivity index (χ2v) is 9.11. The molecule has 2 aliphatic heterocycles. The van der Waals surface area contributed by atoms with Gasteiger partial charge in [0.1, 0.15) is 17.7 Å². The normalized spacial score (nSPS) is 27.0. The molecule has 172 valence electrons. The van der Waals surface area contributed by atoms with Crippen LogP contribution in [0.4, 0.5) is 4.39 Å². The van der Waals surface area contributed by atoms with Gasteiger partial charge in [-0.15, -0.1) is 10.2 Å². The van der Waals surface area contributed by atoms with Gasteiger partial charge in [-0.05, 0) is 45.0 Å². The summed E-state index contributed by atoms with van der Waals surface area (Å²) in [5, 5.41) is 18.9. The fourth-order valence-electron chi connectivity index (χ4n) is 5.06. The molecule has 8 nitrogen and oxygen atoms in total. The molecule has 0 spiro atoms. The highest BCUT2D eigenvalue weighted by Crippen LogP contribution is 2.45. The molecule has 33 heavy (non-hydrogen) atoms. The fourth-order valence-corrected chi connectivity index (χ4v) is 5.06. The molecule has 5 rings (SSSR count). The Labute approximate surface area is 190 Å². The summed E-state index contributed by atoms with van der Waals surface area (Å²) in [5.41, 5.74) is 0.836. The van der Waals surface area contributed by atoms with Crippen molar-refractivity contribution in [1.82, 2.24) is 24.6 Å². The zero-order valence-corrected chi connectivity index (χ0v) is 18.8. The number of piperidine rings is 1. The van der Waals surface area contributed by atoms with Crippen molar-refractivity contribution in [2.75, 3.05) is 7.05 Å². The van der Waals surface area contributed by atoms with E-state index < -0.39 is 17.8 Å². The van der Waals surface area contributed by atoms with Crippen LogP contribution < -0.4 is 10.3 Å². The molecule has 1 aromatic carbocycles. The summed E-state index contributed by atoms with van der Waals surface area (Å²) in [6.07, 6.45) is 2.18. The van der Waals surface area contributed by atoms with Crippen LogP contribution in [-0.2, 0) is 7.05 Å². The van der Waals surface area contributed by atoms with Crippen molar-refractivity contribution in [3.8, 4) is 34.3 Å². The Hall–Kier alpha value is -3.33. The highest BCUT2D eigenvalue weighted by molar-refractivity contribution is 5.72. The monoisotopic (exact) mass is 451 g/mol. The Morgan fingerprint density at radius 2 is 2.00 bits per heavy atom. The molecular weight excluding hydrogens is 425 g/mol. The van der Waals surface area contributed by atoms with E-state index in [1.807, 2.05) is 14.0 Å². The number of halogens is 1. The second kappa shape index (κ2) is 7.91. The zero-order chi connectivity index (χ0) is 23.3. The van der Waals surface area contributed by atoms with Crippen molar-refractivity contribution < 1.29 is 14.2 Å². The molecule has 0 radical (unpaired) electrons. The van der Waals surface area contributed by atoms with Crippen LogP contribution in [0.25, 0.3) is 22.6 Å². The van der Waals surface area contributed by atoms with Gasteiger partial charge in [-0.1, -0.05) is 6.07 Å². The third kappa shape index (κ3) is 3.56. The summed E-state index contributed by atoms with van der Waals surface area (Å²) in [4.78, 5) is 18.2. The maximum Gasteiger partial charge on any atom is 0.253 e. The average molecular weight is 452 g/mol. The Kier molecular flexibility index (Phi) is 5.16. The largest absolute Gasteiger partial charge is 0.507 e. The quantitative estimate of drug-likeness (QED) is 0.652. The standard InChI is InChI=1S/C24H26FN5O3/c1-24-10-8-15(30(24)3)13-19(22(24)25)33-20-7-6-17(27-28-20)16-5-4-14(12-18(16)31)23-26-11-9-21(32)29(23)2/h4-7,9,11-12,15,19,22,31H,8,10,13H2,1-3H3/t15-,19-,22+,24+/m1/s1. The van der Waals surface area contributed by atoms with Gasteiger partial charge in [-0.25, -0.2) is 9.37 Å². The molecule has 2 saturated heterocycles. The molecule has 4 atom stereocenters. The highest BCUT2D eigenvalue weighted by Gasteiger charge is 2.55. The minimum atomic E-state index is -1.11. The van der Waals surface area contributed by atoms with E-state index >= 15 is 4.39 Å². The lowest BCUT2D eigenvalue weighted by Crippen LogP contribution is -2.60. The summed E-state index contributed by atoms with van der Waals surface area (Å²) >= 11 is 0. The number of phenols is 1. The summed E-state index contributed by atoms with van der Waals surface area (Å²) in [6, 6.07) is 10.0. The van der Waals surface area contributed by atoms with E-state index in [9.17, 15) is 9.90 Å². The number of alkyl halides is 1. The van der Waals surface area contributed by atoms with Crippen molar-refractivity contribution in [2.24, 2.45) is 7.05 Å². The van der Waals surface area contributed by atoms with Crippen molar-refractivity contribution >= 4 is 0 Å². The van der Waals surface area contributed by atoms with Gasteiger partial charge in [0, 0.05) is 49.0 Å². The van der Waals surface area contributed by atoms with Gasteiger partial charge in [0.05, 0.1) is 11.2 Å². The van der Waals surface area contributed by atoms with Crippen LogP contribution in [0.2, 0.25) is 0 Å². The minimum Gasteiger partial charge on any atom is -0.507 e. The molecule has 0 amide bonds. The van der Waals surface area contributed by atoms with E-state index in [0.717, 1.165) is 12.8 Å².